The van der Waals surface area contributed by atoms with Crippen molar-refractivity contribution in [3.05, 3.63) is 92.5 Å². The summed E-state index contributed by atoms with van der Waals surface area (Å²) >= 11 is 6.91. The Kier molecular flexibility index (Phi) is 4.56. The predicted octanol–water partition coefficient (Wildman–Crippen LogP) is 5.53. The molecule has 7 heteroatoms. The minimum atomic E-state index is -0.340. The first-order chi connectivity index (χ1) is 14.5. The van der Waals surface area contributed by atoms with Crippen molar-refractivity contribution in [2.75, 3.05) is 5.32 Å². The topological polar surface area (TPSA) is 51.0 Å². The lowest BCUT2D eigenvalue weighted by molar-refractivity contribution is 0.0939. The highest BCUT2D eigenvalue weighted by molar-refractivity contribution is 7.73. The van der Waals surface area contributed by atoms with Gasteiger partial charge in [-0.3, -0.25) is 9.36 Å². The van der Waals surface area contributed by atoms with Gasteiger partial charge in [-0.25, -0.2) is 0 Å². The lowest BCUT2D eigenvalue weighted by Crippen LogP contribution is -2.38. The summed E-state index contributed by atoms with van der Waals surface area (Å²) in [5.41, 5.74) is 5.27. The number of fused-ring (bicyclic) bond motifs is 1. The largest absolute Gasteiger partial charge is 0.346 e. The summed E-state index contributed by atoms with van der Waals surface area (Å²) in [7, 11) is 0. The Hall–Kier alpha value is -3.16. The van der Waals surface area contributed by atoms with Crippen LogP contribution in [0.4, 0.5) is 5.82 Å². The quantitative estimate of drug-likeness (QED) is 0.419. The lowest BCUT2D eigenvalue weighted by atomic mass is 10.1. The van der Waals surface area contributed by atoms with Gasteiger partial charge in [-0.05, 0) is 56.4 Å². The Balaban J connectivity index is 1.60. The highest BCUT2D eigenvalue weighted by Gasteiger charge is 2.31. The maximum absolute atomic E-state index is 12.9. The van der Waals surface area contributed by atoms with E-state index >= 15 is 0 Å². The minimum Gasteiger partial charge on any atom is -0.346 e. The molecule has 150 valence electrons. The first-order valence-electron chi connectivity index (χ1n) is 9.67. The zero-order valence-electron chi connectivity index (χ0n) is 16.5. The number of thiazole rings is 1. The van der Waals surface area contributed by atoms with E-state index in [0.29, 0.717) is 8.83 Å². The van der Waals surface area contributed by atoms with E-state index in [9.17, 15) is 4.79 Å². The number of aryl methyl sites for hydroxylation is 1. The smallest absolute Gasteiger partial charge is 0.267 e. The number of nitrogens with zero attached hydrogens (tertiary/aromatic N) is 2. The Morgan fingerprint density at radius 3 is 2.13 bits per heavy atom. The van der Waals surface area contributed by atoms with E-state index in [4.69, 9.17) is 12.2 Å². The van der Waals surface area contributed by atoms with E-state index in [1.165, 1.54) is 11.3 Å². The fourth-order valence-electron chi connectivity index (χ4n) is 4.05. The number of amides is 1. The number of carbonyl (C=O) groups excluding carboxylic acids is 1. The van der Waals surface area contributed by atoms with Crippen molar-refractivity contribution < 1.29 is 4.79 Å². The van der Waals surface area contributed by atoms with Crippen LogP contribution in [0.1, 0.15) is 32.8 Å². The molecule has 3 heterocycles. The van der Waals surface area contributed by atoms with Crippen LogP contribution in [-0.2, 0) is 0 Å². The SMILES string of the molecule is Cc1cc([C@@H]2NC(=O)c3sc(=S)n(-c4ccccc4)c3N2)c(C)n1-c1ccccc1. The van der Waals surface area contributed by atoms with E-state index in [1.807, 2.05) is 53.1 Å². The fraction of sp³-hybridized carbons (Fsp3) is 0.130. The monoisotopic (exact) mass is 432 g/mol. The van der Waals surface area contributed by atoms with Crippen molar-refractivity contribution in [2.45, 2.75) is 20.0 Å². The zero-order chi connectivity index (χ0) is 20.8. The number of para-hydroxylation sites is 2. The molecule has 0 saturated heterocycles. The molecule has 2 aromatic carbocycles. The molecule has 5 rings (SSSR count). The molecule has 1 atom stereocenters. The van der Waals surface area contributed by atoms with Gasteiger partial charge in [0.15, 0.2) is 3.95 Å². The minimum absolute atomic E-state index is 0.107. The van der Waals surface area contributed by atoms with Gasteiger partial charge >= 0.3 is 0 Å². The predicted molar refractivity (Wildman–Crippen MR) is 124 cm³/mol. The van der Waals surface area contributed by atoms with E-state index in [0.717, 1.165) is 34.1 Å². The summed E-state index contributed by atoms with van der Waals surface area (Å²) in [5, 5.41) is 6.63. The van der Waals surface area contributed by atoms with Crippen LogP contribution in [0, 0.1) is 17.8 Å². The first-order valence-corrected chi connectivity index (χ1v) is 10.9. The van der Waals surface area contributed by atoms with Crippen LogP contribution in [0.5, 0.6) is 0 Å². The number of carbonyl (C=O) groups is 1. The second kappa shape index (κ2) is 7.27. The molecule has 5 nitrogen and oxygen atoms in total. The third kappa shape index (κ3) is 2.98. The molecule has 0 saturated carbocycles. The number of hydrogen-bond acceptors (Lipinski definition) is 4. The molecule has 2 aromatic heterocycles. The lowest BCUT2D eigenvalue weighted by Gasteiger charge is -2.27. The van der Waals surface area contributed by atoms with Crippen LogP contribution < -0.4 is 10.6 Å². The molecule has 1 aliphatic rings. The van der Waals surface area contributed by atoms with E-state index in [2.05, 4.69) is 47.2 Å². The molecule has 4 aromatic rings. The zero-order valence-corrected chi connectivity index (χ0v) is 18.2. The summed E-state index contributed by atoms with van der Waals surface area (Å²) in [6, 6.07) is 22.2. The van der Waals surface area contributed by atoms with Crippen LogP contribution in [0.2, 0.25) is 0 Å². The molecule has 0 aliphatic carbocycles. The average molecular weight is 433 g/mol. The molecule has 1 amide bonds. The van der Waals surface area contributed by atoms with Gasteiger partial charge < -0.3 is 15.2 Å². The van der Waals surface area contributed by atoms with Crippen molar-refractivity contribution >= 4 is 35.3 Å². The number of hydrogen-bond donors (Lipinski definition) is 2. The van der Waals surface area contributed by atoms with Gasteiger partial charge in [0.05, 0.1) is 0 Å². The van der Waals surface area contributed by atoms with Crippen molar-refractivity contribution in [3.63, 3.8) is 0 Å². The molecule has 1 aliphatic heterocycles. The van der Waals surface area contributed by atoms with Crippen molar-refractivity contribution in [2.24, 2.45) is 0 Å². The normalized spacial score (nSPS) is 15.4. The molecule has 2 N–H and O–H groups in total. The maximum Gasteiger partial charge on any atom is 0.267 e. The number of rotatable bonds is 3. The summed E-state index contributed by atoms with van der Waals surface area (Å²) in [6.45, 7) is 4.16. The van der Waals surface area contributed by atoms with Crippen molar-refractivity contribution in [1.82, 2.24) is 14.5 Å². The summed E-state index contributed by atoms with van der Waals surface area (Å²) in [6.07, 6.45) is -0.340. The van der Waals surface area contributed by atoms with Gasteiger partial charge in [-0.1, -0.05) is 47.7 Å². The summed E-state index contributed by atoms with van der Waals surface area (Å²) < 4.78 is 4.79. The Bertz CT molecular complexity index is 1300. The molecule has 0 fully saturated rings. The first kappa shape index (κ1) is 18.8. The second-order valence-corrected chi connectivity index (χ2v) is 8.91. The standard InChI is InChI=1S/C23H20N4OS2/c1-14-13-18(15(2)26(14)16-9-5-3-6-10-16)20-24-21-19(22(28)25-20)30-23(29)27(21)17-11-7-4-8-12-17/h3-13,20,24H,1-2H3,(H,25,28)/t20-/m0/s1. The van der Waals surface area contributed by atoms with Crippen molar-refractivity contribution in [1.29, 1.82) is 0 Å². The molecular formula is C23H20N4OS2. The Morgan fingerprint density at radius 1 is 0.900 bits per heavy atom. The van der Waals surface area contributed by atoms with Crippen molar-refractivity contribution in [3.8, 4) is 11.4 Å². The number of benzene rings is 2. The van der Waals surface area contributed by atoms with E-state index in [1.54, 1.807) is 0 Å². The molecule has 30 heavy (non-hydrogen) atoms. The third-order valence-electron chi connectivity index (χ3n) is 5.38. The molecule has 0 radical (unpaired) electrons. The Morgan fingerprint density at radius 2 is 1.50 bits per heavy atom. The highest BCUT2D eigenvalue weighted by Crippen LogP contribution is 2.36. The van der Waals surface area contributed by atoms with Gasteiger partial charge in [0.2, 0.25) is 0 Å². The van der Waals surface area contributed by atoms with Crippen LogP contribution in [-0.4, -0.2) is 15.0 Å². The van der Waals surface area contributed by atoms with E-state index < -0.39 is 0 Å². The molecule has 0 unspecified atom stereocenters. The fourth-order valence-corrected chi connectivity index (χ4v) is 5.36. The highest BCUT2D eigenvalue weighted by atomic mass is 32.1. The van der Waals surface area contributed by atoms with Crippen LogP contribution in [0.15, 0.2) is 66.7 Å². The molecule has 0 bridgehead atoms. The number of anilines is 1. The van der Waals surface area contributed by atoms with Gasteiger partial charge in [0.25, 0.3) is 5.91 Å². The maximum atomic E-state index is 12.9. The summed E-state index contributed by atoms with van der Waals surface area (Å²) in [5.74, 6) is 0.638. The van der Waals surface area contributed by atoms with Gasteiger partial charge in [-0.2, -0.15) is 0 Å². The summed E-state index contributed by atoms with van der Waals surface area (Å²) in [4.78, 5) is 13.5. The number of nitrogens with one attached hydrogen (secondary N) is 2. The van der Waals surface area contributed by atoms with E-state index in [-0.39, 0.29) is 12.1 Å². The van der Waals surface area contributed by atoms with Gasteiger partial charge in [-0.15, -0.1) is 0 Å². The average Bonchev–Trinajstić information content (AvgIpc) is 3.25. The van der Waals surface area contributed by atoms with Gasteiger partial charge in [0, 0.05) is 28.3 Å². The molecule has 0 spiro atoms. The second-order valence-electron chi connectivity index (χ2n) is 7.26. The van der Waals surface area contributed by atoms with Gasteiger partial charge in [0.1, 0.15) is 16.9 Å². The van der Waals surface area contributed by atoms with Crippen LogP contribution in [0.25, 0.3) is 11.4 Å². The Labute approximate surface area is 183 Å². The van der Waals surface area contributed by atoms with Crippen LogP contribution >= 0.6 is 23.6 Å². The number of aromatic nitrogens is 2. The van der Waals surface area contributed by atoms with Crippen LogP contribution in [0.3, 0.4) is 0 Å². The molecular weight excluding hydrogens is 412 g/mol. The third-order valence-corrected chi connectivity index (χ3v) is 6.76.